The first kappa shape index (κ1) is 13.5. The molecule has 4 nitrogen and oxygen atoms in total. The minimum Gasteiger partial charge on any atom is -0.506 e. The molecule has 1 amide bonds. The Hall–Kier alpha value is -2.46. The van der Waals surface area contributed by atoms with Crippen LogP contribution in [0.1, 0.15) is 0 Å². The molecule has 106 valence electrons. The van der Waals surface area contributed by atoms with E-state index in [1.807, 2.05) is 41.1 Å². The fraction of sp³-hybridized carbons (Fsp3) is 0.0625. The summed E-state index contributed by atoms with van der Waals surface area (Å²) in [5.74, 6) is -0.237. The molecule has 0 fully saturated rings. The highest BCUT2D eigenvalue weighted by Crippen LogP contribution is 2.26. The first-order valence-electron chi connectivity index (χ1n) is 6.46. The zero-order valence-corrected chi connectivity index (χ0v) is 11.8. The number of benzene rings is 2. The summed E-state index contributed by atoms with van der Waals surface area (Å²) in [6.45, 7) is 0.166. The van der Waals surface area contributed by atoms with Crippen LogP contribution in [0, 0.1) is 0 Å². The van der Waals surface area contributed by atoms with Crippen molar-refractivity contribution in [3.63, 3.8) is 0 Å². The summed E-state index contributed by atoms with van der Waals surface area (Å²) >= 11 is 5.85. The summed E-state index contributed by atoms with van der Waals surface area (Å²) in [7, 11) is 0. The molecule has 1 aromatic heterocycles. The summed E-state index contributed by atoms with van der Waals surface area (Å²) < 4.78 is 1.85. The summed E-state index contributed by atoms with van der Waals surface area (Å²) in [5, 5.41) is 13.9. The van der Waals surface area contributed by atoms with E-state index in [1.54, 1.807) is 6.07 Å². The number of carbonyl (C=O) groups excluding carboxylic acids is 1. The van der Waals surface area contributed by atoms with Crippen molar-refractivity contribution < 1.29 is 9.90 Å². The van der Waals surface area contributed by atoms with Gasteiger partial charge in [0.25, 0.3) is 0 Å². The van der Waals surface area contributed by atoms with E-state index in [1.165, 1.54) is 12.1 Å². The monoisotopic (exact) mass is 300 g/mol. The van der Waals surface area contributed by atoms with Gasteiger partial charge in [0, 0.05) is 16.7 Å². The molecule has 0 spiro atoms. The summed E-state index contributed by atoms with van der Waals surface area (Å²) in [5.41, 5.74) is 1.30. The second-order valence-corrected chi connectivity index (χ2v) is 5.15. The zero-order chi connectivity index (χ0) is 14.8. The standard InChI is InChI=1S/C16H13ClN2O2/c17-12-5-6-15(20)13(9-12)18-16(21)10-19-8-7-11-3-1-2-4-14(11)19/h1-9,20H,10H2,(H,18,21). The highest BCUT2D eigenvalue weighted by Gasteiger charge is 2.09. The number of nitrogens with one attached hydrogen (secondary N) is 1. The molecule has 3 rings (SSSR count). The van der Waals surface area contributed by atoms with Crippen molar-refractivity contribution in [3.05, 3.63) is 59.8 Å². The fourth-order valence-electron chi connectivity index (χ4n) is 2.23. The first-order chi connectivity index (χ1) is 10.1. The van der Waals surface area contributed by atoms with Crippen molar-refractivity contribution in [2.45, 2.75) is 6.54 Å². The van der Waals surface area contributed by atoms with E-state index >= 15 is 0 Å². The second kappa shape index (κ2) is 5.50. The average molecular weight is 301 g/mol. The van der Waals surface area contributed by atoms with Crippen LogP contribution < -0.4 is 5.32 Å². The molecule has 0 saturated carbocycles. The molecule has 0 bridgehead atoms. The van der Waals surface area contributed by atoms with Gasteiger partial charge in [0.15, 0.2) is 0 Å². The predicted molar refractivity (Wildman–Crippen MR) is 83.7 cm³/mol. The number of para-hydroxylation sites is 1. The van der Waals surface area contributed by atoms with E-state index in [-0.39, 0.29) is 18.2 Å². The number of hydrogen-bond donors (Lipinski definition) is 2. The van der Waals surface area contributed by atoms with Crippen LogP contribution in [0.25, 0.3) is 10.9 Å². The SMILES string of the molecule is O=C(Cn1ccc2ccccc21)Nc1cc(Cl)ccc1O. The summed E-state index contributed by atoms with van der Waals surface area (Å²) in [6, 6.07) is 14.3. The average Bonchev–Trinajstić information content (AvgIpc) is 2.86. The van der Waals surface area contributed by atoms with Gasteiger partial charge in [0.05, 0.1) is 5.69 Å². The highest BCUT2D eigenvalue weighted by molar-refractivity contribution is 6.31. The minimum absolute atomic E-state index is 0.00915. The molecule has 0 aliphatic carbocycles. The van der Waals surface area contributed by atoms with Gasteiger partial charge in [-0.2, -0.15) is 0 Å². The number of rotatable bonds is 3. The number of hydrogen-bond acceptors (Lipinski definition) is 2. The molecule has 0 radical (unpaired) electrons. The third-order valence-corrected chi connectivity index (χ3v) is 3.46. The van der Waals surface area contributed by atoms with Crippen molar-refractivity contribution in [1.82, 2.24) is 4.57 Å². The molecular formula is C16H13ClN2O2. The van der Waals surface area contributed by atoms with Crippen LogP contribution in [0.15, 0.2) is 54.7 Å². The van der Waals surface area contributed by atoms with Crippen molar-refractivity contribution in [2.75, 3.05) is 5.32 Å². The number of phenols is 1. The molecule has 5 heteroatoms. The maximum Gasteiger partial charge on any atom is 0.244 e. The van der Waals surface area contributed by atoms with Crippen LogP contribution in [0.3, 0.4) is 0 Å². The minimum atomic E-state index is -0.228. The van der Waals surface area contributed by atoms with Crippen molar-refractivity contribution in [2.24, 2.45) is 0 Å². The largest absolute Gasteiger partial charge is 0.506 e. The van der Waals surface area contributed by atoms with Gasteiger partial charge in [0.2, 0.25) is 5.91 Å². The Kier molecular flexibility index (Phi) is 3.54. The Morgan fingerprint density at radius 3 is 2.86 bits per heavy atom. The van der Waals surface area contributed by atoms with E-state index in [0.29, 0.717) is 10.7 Å². The van der Waals surface area contributed by atoms with Crippen molar-refractivity contribution in [3.8, 4) is 5.75 Å². The number of nitrogens with zero attached hydrogens (tertiary/aromatic N) is 1. The maximum absolute atomic E-state index is 12.1. The Morgan fingerprint density at radius 2 is 2.00 bits per heavy atom. The van der Waals surface area contributed by atoms with Crippen LogP contribution in [-0.2, 0) is 11.3 Å². The van der Waals surface area contributed by atoms with Crippen molar-refractivity contribution >= 4 is 34.1 Å². The van der Waals surface area contributed by atoms with Gasteiger partial charge >= 0.3 is 0 Å². The lowest BCUT2D eigenvalue weighted by Gasteiger charge is -2.09. The van der Waals surface area contributed by atoms with Gasteiger partial charge in [-0.25, -0.2) is 0 Å². The van der Waals surface area contributed by atoms with Gasteiger partial charge in [-0.1, -0.05) is 29.8 Å². The number of anilines is 1. The molecule has 21 heavy (non-hydrogen) atoms. The lowest BCUT2D eigenvalue weighted by Crippen LogP contribution is -2.18. The molecule has 2 aromatic carbocycles. The summed E-state index contributed by atoms with van der Waals surface area (Å²) in [6.07, 6.45) is 1.86. The maximum atomic E-state index is 12.1. The molecule has 1 heterocycles. The molecule has 0 aliphatic heterocycles. The quantitative estimate of drug-likeness (QED) is 0.726. The second-order valence-electron chi connectivity index (χ2n) is 4.71. The van der Waals surface area contributed by atoms with E-state index in [0.717, 1.165) is 10.9 Å². The lowest BCUT2D eigenvalue weighted by atomic mass is 10.2. The van der Waals surface area contributed by atoms with Gasteiger partial charge < -0.3 is 15.0 Å². The lowest BCUT2D eigenvalue weighted by molar-refractivity contribution is -0.116. The number of carbonyl (C=O) groups is 1. The van der Waals surface area contributed by atoms with Gasteiger partial charge in [-0.3, -0.25) is 4.79 Å². The normalized spacial score (nSPS) is 10.7. The number of aromatic hydroxyl groups is 1. The van der Waals surface area contributed by atoms with E-state index in [2.05, 4.69) is 5.32 Å². The highest BCUT2D eigenvalue weighted by atomic mass is 35.5. The number of fused-ring (bicyclic) bond motifs is 1. The van der Waals surface area contributed by atoms with Crippen LogP contribution >= 0.6 is 11.6 Å². The molecule has 3 aromatic rings. The van der Waals surface area contributed by atoms with E-state index < -0.39 is 0 Å². The molecule has 2 N–H and O–H groups in total. The zero-order valence-electron chi connectivity index (χ0n) is 11.1. The fourth-order valence-corrected chi connectivity index (χ4v) is 2.40. The van der Waals surface area contributed by atoms with E-state index in [4.69, 9.17) is 11.6 Å². The third-order valence-electron chi connectivity index (χ3n) is 3.23. The van der Waals surface area contributed by atoms with Crippen LogP contribution in [-0.4, -0.2) is 15.6 Å². The topological polar surface area (TPSA) is 54.3 Å². The predicted octanol–water partition coefficient (Wildman–Crippen LogP) is 3.64. The molecular weight excluding hydrogens is 288 g/mol. The first-order valence-corrected chi connectivity index (χ1v) is 6.83. The Morgan fingerprint density at radius 1 is 1.19 bits per heavy atom. The number of amides is 1. The number of aromatic nitrogens is 1. The van der Waals surface area contributed by atoms with Crippen LogP contribution in [0.5, 0.6) is 5.75 Å². The van der Waals surface area contributed by atoms with Crippen molar-refractivity contribution in [1.29, 1.82) is 0 Å². The molecule has 0 aliphatic rings. The Balaban J connectivity index is 1.79. The van der Waals surface area contributed by atoms with E-state index in [9.17, 15) is 9.90 Å². The molecule has 0 atom stereocenters. The van der Waals surface area contributed by atoms with Gasteiger partial charge in [0.1, 0.15) is 12.3 Å². The Bertz CT molecular complexity index is 811. The van der Waals surface area contributed by atoms with Gasteiger partial charge in [-0.05, 0) is 35.7 Å². The molecule has 0 saturated heterocycles. The summed E-state index contributed by atoms with van der Waals surface area (Å²) in [4.78, 5) is 12.1. The smallest absolute Gasteiger partial charge is 0.244 e. The Labute approximate surface area is 126 Å². The van der Waals surface area contributed by atoms with Crippen LogP contribution in [0.2, 0.25) is 5.02 Å². The number of halogens is 1. The van der Waals surface area contributed by atoms with Gasteiger partial charge in [-0.15, -0.1) is 0 Å². The number of phenolic OH excluding ortho intramolecular Hbond substituents is 1. The third kappa shape index (κ3) is 2.85. The molecule has 0 unspecified atom stereocenters. The van der Waals surface area contributed by atoms with Crippen LogP contribution in [0.4, 0.5) is 5.69 Å².